The van der Waals surface area contributed by atoms with Crippen LogP contribution in [0.25, 0.3) is 0 Å². The van der Waals surface area contributed by atoms with Crippen LogP contribution in [0.4, 0.5) is 11.4 Å². The van der Waals surface area contributed by atoms with E-state index in [0.29, 0.717) is 23.5 Å². The fourth-order valence-electron chi connectivity index (χ4n) is 3.79. The summed E-state index contributed by atoms with van der Waals surface area (Å²) in [5.41, 5.74) is 3.42. The van der Waals surface area contributed by atoms with Crippen molar-refractivity contribution < 1.29 is 17.9 Å². The Labute approximate surface area is 231 Å². The van der Waals surface area contributed by atoms with Crippen molar-refractivity contribution in [3.05, 3.63) is 83.4 Å². The lowest BCUT2D eigenvalue weighted by Gasteiger charge is -2.13. The first-order chi connectivity index (χ1) is 18.2. The van der Waals surface area contributed by atoms with E-state index in [1.54, 1.807) is 42.5 Å². The molecule has 0 aliphatic rings. The van der Waals surface area contributed by atoms with Crippen molar-refractivity contribution in [3.63, 3.8) is 0 Å². The molecule has 0 atom stereocenters. The van der Waals surface area contributed by atoms with E-state index in [-0.39, 0.29) is 15.9 Å². The molecule has 0 heterocycles. The van der Waals surface area contributed by atoms with Crippen LogP contribution in [-0.2, 0) is 10.0 Å². The van der Waals surface area contributed by atoms with Crippen LogP contribution in [-0.4, -0.2) is 26.0 Å². The van der Waals surface area contributed by atoms with Crippen LogP contribution in [0.2, 0.25) is 0 Å². The first-order valence-electron chi connectivity index (χ1n) is 12.7. The van der Waals surface area contributed by atoms with Gasteiger partial charge in [-0.05, 0) is 92.6 Å². The Bertz CT molecular complexity index is 1340. The van der Waals surface area contributed by atoms with E-state index in [1.165, 1.54) is 31.4 Å². The highest BCUT2D eigenvalue weighted by molar-refractivity contribution is 7.92. The number of hydrogen-bond donors (Lipinski definition) is 3. The Balaban J connectivity index is 1.49. The number of rotatable bonds is 12. The largest absolute Gasteiger partial charge is 0.494 e. The minimum Gasteiger partial charge on any atom is -0.494 e. The van der Waals surface area contributed by atoms with Crippen molar-refractivity contribution in [2.24, 2.45) is 0 Å². The van der Waals surface area contributed by atoms with Gasteiger partial charge in [-0.15, -0.1) is 0 Å². The Morgan fingerprint density at radius 1 is 0.895 bits per heavy atom. The molecule has 1 amide bonds. The number of sulfonamides is 1. The van der Waals surface area contributed by atoms with Gasteiger partial charge in [0.25, 0.3) is 15.9 Å². The molecule has 0 saturated heterocycles. The van der Waals surface area contributed by atoms with Crippen LogP contribution in [0.1, 0.15) is 60.5 Å². The summed E-state index contributed by atoms with van der Waals surface area (Å²) in [6.45, 7) is 6.65. The molecule has 0 unspecified atom stereocenters. The first-order valence-corrected chi connectivity index (χ1v) is 14.6. The van der Waals surface area contributed by atoms with Crippen molar-refractivity contribution in [3.8, 4) is 5.75 Å². The summed E-state index contributed by atoms with van der Waals surface area (Å²) in [5, 5.41) is 5.64. The minimum atomic E-state index is -3.75. The normalized spacial score (nSPS) is 11.0. The van der Waals surface area contributed by atoms with Crippen LogP contribution in [0.15, 0.2) is 71.6 Å². The number of carbonyl (C=O) groups is 1. The van der Waals surface area contributed by atoms with E-state index in [1.807, 2.05) is 26.0 Å². The van der Waals surface area contributed by atoms with Gasteiger partial charge in [0.05, 0.1) is 17.2 Å². The Kier molecular flexibility index (Phi) is 10.7. The molecule has 0 bridgehead atoms. The van der Waals surface area contributed by atoms with Gasteiger partial charge in [0.2, 0.25) is 0 Å². The second-order valence-electron chi connectivity index (χ2n) is 9.14. The summed E-state index contributed by atoms with van der Waals surface area (Å²) in [4.78, 5) is 12.7. The van der Waals surface area contributed by atoms with Crippen molar-refractivity contribution >= 4 is 44.6 Å². The van der Waals surface area contributed by atoms with Crippen LogP contribution < -0.4 is 20.1 Å². The standard InChI is InChI=1S/C29H35N3O4S2/c1-4-5-6-7-8-19-36-25-14-10-23(11-15-25)28(33)31-29(37)30-24-12-16-26(17-13-24)38(34,35)32-27-18-9-21(2)20-22(27)3/h9-18,20,32H,4-8,19H2,1-3H3,(H2,30,31,33,37). The Morgan fingerprint density at radius 2 is 1.58 bits per heavy atom. The van der Waals surface area contributed by atoms with Gasteiger partial charge in [-0.2, -0.15) is 0 Å². The lowest BCUT2D eigenvalue weighted by atomic mass is 10.1. The zero-order valence-corrected chi connectivity index (χ0v) is 23.7. The number of nitrogens with one attached hydrogen (secondary N) is 3. The van der Waals surface area contributed by atoms with Gasteiger partial charge < -0.3 is 10.1 Å². The molecule has 0 spiro atoms. The number of carbonyl (C=O) groups excluding carboxylic acids is 1. The molecule has 38 heavy (non-hydrogen) atoms. The molecule has 3 N–H and O–H groups in total. The maximum Gasteiger partial charge on any atom is 0.261 e. The average Bonchev–Trinajstić information content (AvgIpc) is 2.88. The van der Waals surface area contributed by atoms with Crippen LogP contribution in [0, 0.1) is 13.8 Å². The molecule has 0 radical (unpaired) electrons. The fraction of sp³-hybridized carbons (Fsp3) is 0.310. The number of thiocarbonyl (C=S) groups is 1. The summed E-state index contributed by atoms with van der Waals surface area (Å²) < 4.78 is 33.9. The molecule has 0 saturated carbocycles. The van der Waals surface area contributed by atoms with Crippen LogP contribution >= 0.6 is 12.2 Å². The number of hydrogen-bond acceptors (Lipinski definition) is 5. The van der Waals surface area contributed by atoms with Gasteiger partial charge in [0, 0.05) is 11.3 Å². The second kappa shape index (κ2) is 13.9. The zero-order chi connectivity index (χ0) is 27.5. The number of benzene rings is 3. The van der Waals surface area contributed by atoms with Crippen molar-refractivity contribution in [1.29, 1.82) is 0 Å². The fourth-order valence-corrected chi connectivity index (χ4v) is 5.13. The molecule has 0 aliphatic carbocycles. The van der Waals surface area contributed by atoms with E-state index in [9.17, 15) is 13.2 Å². The number of anilines is 2. The lowest BCUT2D eigenvalue weighted by molar-refractivity contribution is 0.0977. The monoisotopic (exact) mass is 553 g/mol. The summed E-state index contributed by atoms with van der Waals surface area (Å²) in [7, 11) is -3.75. The van der Waals surface area contributed by atoms with Gasteiger partial charge in [0.15, 0.2) is 5.11 Å². The first kappa shape index (κ1) is 29.1. The molecular formula is C29H35N3O4S2. The van der Waals surface area contributed by atoms with E-state index < -0.39 is 10.0 Å². The van der Waals surface area contributed by atoms with Crippen LogP contribution in [0.5, 0.6) is 5.75 Å². The van der Waals surface area contributed by atoms with E-state index in [4.69, 9.17) is 17.0 Å². The summed E-state index contributed by atoms with van der Waals surface area (Å²) in [6, 6.07) is 18.5. The number of amides is 1. The maximum atomic E-state index is 12.8. The molecular weight excluding hydrogens is 518 g/mol. The molecule has 3 rings (SSSR count). The highest BCUT2D eigenvalue weighted by Gasteiger charge is 2.16. The third-order valence-corrected chi connectivity index (χ3v) is 7.49. The minimum absolute atomic E-state index is 0.103. The Hall–Kier alpha value is -3.43. The quantitative estimate of drug-likeness (QED) is 0.173. The van der Waals surface area contributed by atoms with E-state index in [2.05, 4.69) is 22.3 Å². The van der Waals surface area contributed by atoms with Crippen molar-refractivity contribution in [2.75, 3.05) is 16.6 Å². The molecule has 0 fully saturated rings. The van der Waals surface area contributed by atoms with Gasteiger partial charge in [-0.25, -0.2) is 8.42 Å². The third-order valence-electron chi connectivity index (χ3n) is 5.91. The van der Waals surface area contributed by atoms with Gasteiger partial charge in [-0.3, -0.25) is 14.8 Å². The van der Waals surface area contributed by atoms with Crippen molar-refractivity contribution in [2.45, 2.75) is 57.8 Å². The van der Waals surface area contributed by atoms with E-state index >= 15 is 0 Å². The second-order valence-corrected chi connectivity index (χ2v) is 11.2. The SMILES string of the molecule is CCCCCCCOc1ccc(C(=O)NC(=S)Nc2ccc(S(=O)(=O)Nc3ccc(C)cc3C)cc2)cc1. The van der Waals surface area contributed by atoms with Gasteiger partial charge >= 0.3 is 0 Å². The smallest absolute Gasteiger partial charge is 0.261 e. The molecule has 0 aromatic heterocycles. The molecule has 3 aromatic rings. The number of ether oxygens (including phenoxy) is 1. The predicted molar refractivity (Wildman–Crippen MR) is 158 cm³/mol. The van der Waals surface area contributed by atoms with Crippen molar-refractivity contribution in [1.82, 2.24) is 5.32 Å². The maximum absolute atomic E-state index is 12.8. The lowest BCUT2D eigenvalue weighted by Crippen LogP contribution is -2.34. The zero-order valence-electron chi connectivity index (χ0n) is 22.0. The molecule has 0 aliphatic heterocycles. The topological polar surface area (TPSA) is 96.5 Å². The van der Waals surface area contributed by atoms with Gasteiger partial charge in [-0.1, -0.05) is 50.3 Å². The van der Waals surface area contributed by atoms with Crippen LogP contribution in [0.3, 0.4) is 0 Å². The molecule has 3 aromatic carbocycles. The Morgan fingerprint density at radius 3 is 2.24 bits per heavy atom. The summed E-state index contributed by atoms with van der Waals surface area (Å²) in [5.74, 6) is 0.366. The number of unbranched alkanes of at least 4 members (excludes halogenated alkanes) is 4. The average molecular weight is 554 g/mol. The summed E-state index contributed by atoms with van der Waals surface area (Å²) >= 11 is 5.26. The van der Waals surface area contributed by atoms with E-state index in [0.717, 1.165) is 29.7 Å². The molecule has 7 nitrogen and oxygen atoms in total. The molecule has 9 heteroatoms. The predicted octanol–water partition coefficient (Wildman–Crippen LogP) is 6.58. The van der Waals surface area contributed by atoms with Gasteiger partial charge in [0.1, 0.15) is 5.75 Å². The number of aryl methyl sites for hydroxylation is 2. The highest BCUT2D eigenvalue weighted by atomic mass is 32.2. The summed E-state index contributed by atoms with van der Waals surface area (Å²) in [6.07, 6.45) is 5.85. The highest BCUT2D eigenvalue weighted by Crippen LogP contribution is 2.22. The molecule has 202 valence electrons. The third kappa shape index (κ3) is 8.85.